The van der Waals surface area contributed by atoms with E-state index in [1.54, 1.807) is 24.5 Å². The smallest absolute Gasteiger partial charge is 0.343 e. The van der Waals surface area contributed by atoms with E-state index in [-0.39, 0.29) is 54.5 Å². The largest absolute Gasteiger partial charge is 0.458 e. The first-order valence-corrected chi connectivity index (χ1v) is 12.5. The minimum atomic E-state index is -1.93. The van der Waals surface area contributed by atoms with E-state index in [0.717, 1.165) is 22.1 Å². The predicted molar refractivity (Wildman–Crippen MR) is 132 cm³/mol. The number of carbonyl (C=O) groups is 2. The minimum Gasteiger partial charge on any atom is -0.458 e. The number of primary amides is 1. The van der Waals surface area contributed by atoms with Crippen molar-refractivity contribution in [3.8, 4) is 11.4 Å². The first-order chi connectivity index (χ1) is 17.7. The number of nitrogens with zero attached hydrogens (tertiary/aromatic N) is 2. The van der Waals surface area contributed by atoms with E-state index in [9.17, 15) is 23.9 Å². The Labute approximate surface area is 211 Å². The highest BCUT2D eigenvalue weighted by Gasteiger charge is 2.45. The van der Waals surface area contributed by atoms with E-state index in [2.05, 4.69) is 5.32 Å². The lowest BCUT2D eigenvalue weighted by Crippen LogP contribution is -2.44. The molecule has 4 N–H and O–H groups in total. The van der Waals surface area contributed by atoms with E-state index in [0.29, 0.717) is 41.9 Å². The number of ether oxygens (including phenoxy) is 1. The van der Waals surface area contributed by atoms with Crippen molar-refractivity contribution in [3.63, 3.8) is 0 Å². The van der Waals surface area contributed by atoms with Crippen LogP contribution in [0, 0.1) is 12.7 Å². The van der Waals surface area contributed by atoms with Crippen molar-refractivity contribution in [2.45, 2.75) is 64.3 Å². The molecule has 3 aliphatic rings. The highest BCUT2D eigenvalue weighted by molar-refractivity contribution is 5.93. The van der Waals surface area contributed by atoms with Gasteiger partial charge in [-0.05, 0) is 48.9 Å². The van der Waals surface area contributed by atoms with Crippen molar-refractivity contribution in [2.24, 2.45) is 5.73 Å². The van der Waals surface area contributed by atoms with Gasteiger partial charge in [-0.15, -0.1) is 0 Å². The number of fused-ring (bicyclic) bond motifs is 5. The Morgan fingerprint density at radius 1 is 1.32 bits per heavy atom. The molecule has 2 aliphatic heterocycles. The average Bonchev–Trinajstić information content (AvgIpc) is 3.24. The van der Waals surface area contributed by atoms with Crippen LogP contribution in [-0.4, -0.2) is 33.1 Å². The minimum absolute atomic E-state index is 0.0463. The van der Waals surface area contributed by atoms with Gasteiger partial charge < -0.3 is 25.5 Å². The van der Waals surface area contributed by atoms with Gasteiger partial charge in [-0.2, -0.15) is 0 Å². The van der Waals surface area contributed by atoms with Crippen LogP contribution in [0.15, 0.2) is 16.9 Å². The number of halogens is 1. The van der Waals surface area contributed by atoms with Crippen LogP contribution in [-0.2, 0) is 39.5 Å². The Kier molecular flexibility index (Phi) is 5.26. The molecule has 0 spiro atoms. The second kappa shape index (κ2) is 8.19. The van der Waals surface area contributed by atoms with Crippen LogP contribution in [0.25, 0.3) is 22.3 Å². The second-order valence-corrected chi connectivity index (χ2v) is 10.1. The molecule has 2 aromatic heterocycles. The Morgan fingerprint density at radius 2 is 2.11 bits per heavy atom. The fourth-order valence-electron chi connectivity index (χ4n) is 6.13. The standard InChI is InChI=1S/C27H27FN4O5/c1-3-27(36)16-8-20-24-14(10-32(20)25(34)15(16)11-37-26(27)35)23-18(30-7-6-21(29)33)5-4-13-12(2)17(28)9-19(31-24)22(13)23/h8-9,18,30,36H,3-7,10-11H2,1-2H3,(H2,29,33)/t18-,27-/m0/s1. The summed E-state index contributed by atoms with van der Waals surface area (Å²) in [6, 6.07) is 2.93. The summed E-state index contributed by atoms with van der Waals surface area (Å²) in [5.41, 5.74) is 8.29. The lowest BCUT2D eigenvalue weighted by atomic mass is 9.81. The van der Waals surface area contributed by atoms with E-state index < -0.39 is 17.5 Å². The summed E-state index contributed by atoms with van der Waals surface area (Å²) in [5, 5.41) is 15.4. The number of hydrogen-bond acceptors (Lipinski definition) is 7. The molecule has 192 valence electrons. The second-order valence-electron chi connectivity index (χ2n) is 10.1. The molecule has 0 saturated heterocycles. The third kappa shape index (κ3) is 3.28. The number of esters is 1. The quantitative estimate of drug-likeness (QED) is 0.352. The van der Waals surface area contributed by atoms with Gasteiger partial charge in [-0.25, -0.2) is 14.2 Å². The molecule has 1 aliphatic carbocycles. The zero-order valence-corrected chi connectivity index (χ0v) is 20.6. The van der Waals surface area contributed by atoms with Gasteiger partial charge in [0.25, 0.3) is 5.56 Å². The topological polar surface area (TPSA) is 137 Å². The van der Waals surface area contributed by atoms with Crippen LogP contribution >= 0.6 is 0 Å². The Morgan fingerprint density at radius 3 is 2.84 bits per heavy atom. The van der Waals surface area contributed by atoms with E-state index in [1.165, 1.54) is 6.07 Å². The number of cyclic esters (lactones) is 1. The number of nitrogens with two attached hydrogens (primary N) is 1. The predicted octanol–water partition coefficient (Wildman–Crippen LogP) is 1.98. The number of amides is 1. The Bertz CT molecular complexity index is 1600. The molecular weight excluding hydrogens is 479 g/mol. The van der Waals surface area contributed by atoms with Gasteiger partial charge >= 0.3 is 5.97 Å². The van der Waals surface area contributed by atoms with Gasteiger partial charge in [0.1, 0.15) is 12.4 Å². The summed E-state index contributed by atoms with van der Waals surface area (Å²) < 4.78 is 21.7. The maximum Gasteiger partial charge on any atom is 0.343 e. The number of nitrogens with one attached hydrogen (secondary N) is 1. The maximum atomic E-state index is 14.9. The molecule has 6 rings (SSSR count). The molecule has 0 bridgehead atoms. The number of aliphatic hydroxyl groups is 1. The van der Waals surface area contributed by atoms with Gasteiger partial charge in [-0.3, -0.25) is 9.59 Å². The van der Waals surface area contributed by atoms with Crippen molar-refractivity contribution in [2.75, 3.05) is 6.54 Å². The Balaban J connectivity index is 1.61. The molecule has 4 heterocycles. The number of benzene rings is 1. The molecule has 1 aromatic carbocycles. The lowest BCUT2D eigenvalue weighted by Gasteiger charge is -2.31. The third-order valence-corrected chi connectivity index (χ3v) is 8.14. The van der Waals surface area contributed by atoms with Crippen LogP contribution < -0.4 is 16.6 Å². The fourth-order valence-corrected chi connectivity index (χ4v) is 6.13. The number of rotatable bonds is 5. The molecule has 1 amide bonds. The van der Waals surface area contributed by atoms with Crippen molar-refractivity contribution in [3.05, 3.63) is 61.7 Å². The number of carbonyl (C=O) groups excluding carboxylic acids is 2. The number of aromatic nitrogens is 2. The molecular formula is C27H27FN4O5. The first kappa shape index (κ1) is 23.7. The molecule has 0 fully saturated rings. The molecule has 2 atom stereocenters. The summed E-state index contributed by atoms with van der Waals surface area (Å²) in [6.07, 6.45) is 1.55. The molecule has 3 aromatic rings. The Hall–Kier alpha value is -3.63. The first-order valence-electron chi connectivity index (χ1n) is 12.5. The molecule has 0 unspecified atom stereocenters. The van der Waals surface area contributed by atoms with Gasteiger partial charge in [0.2, 0.25) is 5.91 Å². The van der Waals surface area contributed by atoms with Crippen LogP contribution in [0.5, 0.6) is 0 Å². The van der Waals surface area contributed by atoms with Crippen LogP contribution in [0.4, 0.5) is 4.39 Å². The van der Waals surface area contributed by atoms with E-state index in [4.69, 9.17) is 15.5 Å². The summed E-state index contributed by atoms with van der Waals surface area (Å²) >= 11 is 0. The maximum absolute atomic E-state index is 14.9. The molecule has 10 heteroatoms. The molecule has 9 nitrogen and oxygen atoms in total. The van der Waals surface area contributed by atoms with Crippen LogP contribution in [0.3, 0.4) is 0 Å². The summed E-state index contributed by atoms with van der Waals surface area (Å²) in [6.45, 7) is 3.84. The van der Waals surface area contributed by atoms with Crippen molar-refractivity contribution in [1.29, 1.82) is 0 Å². The highest BCUT2D eigenvalue weighted by atomic mass is 19.1. The number of pyridine rings is 2. The summed E-state index contributed by atoms with van der Waals surface area (Å²) in [5.74, 6) is -1.53. The number of hydrogen-bond donors (Lipinski definition) is 3. The molecule has 37 heavy (non-hydrogen) atoms. The fraction of sp³-hybridized carbons (Fsp3) is 0.407. The van der Waals surface area contributed by atoms with Gasteiger partial charge in [0.05, 0.1) is 29.0 Å². The van der Waals surface area contributed by atoms with Crippen molar-refractivity contribution >= 4 is 22.8 Å². The van der Waals surface area contributed by atoms with Gasteiger partial charge in [0.15, 0.2) is 5.60 Å². The molecule has 0 saturated carbocycles. The van der Waals surface area contributed by atoms with Gasteiger partial charge in [0, 0.05) is 41.6 Å². The lowest BCUT2D eigenvalue weighted by molar-refractivity contribution is -0.172. The SMILES string of the molecule is CC[C@@]1(O)C(=O)OCc2c1cc1n(c2=O)Cc2c-1nc1cc(F)c(C)c3c1c2[C@@H](NCCC(N)=O)CC3. The van der Waals surface area contributed by atoms with Crippen LogP contribution in [0.1, 0.15) is 65.6 Å². The number of aryl methyl sites for hydroxylation is 1. The average molecular weight is 507 g/mol. The van der Waals surface area contributed by atoms with Crippen molar-refractivity contribution in [1.82, 2.24) is 14.9 Å². The van der Waals surface area contributed by atoms with Crippen LogP contribution in [0.2, 0.25) is 0 Å². The zero-order chi connectivity index (χ0) is 26.2. The zero-order valence-electron chi connectivity index (χ0n) is 20.6. The van der Waals surface area contributed by atoms with E-state index >= 15 is 0 Å². The third-order valence-electron chi connectivity index (χ3n) is 8.14. The highest BCUT2D eigenvalue weighted by Crippen LogP contribution is 2.45. The molecule has 0 radical (unpaired) electrons. The summed E-state index contributed by atoms with van der Waals surface area (Å²) in [4.78, 5) is 42.2. The normalized spacial score (nSPS) is 21.4. The van der Waals surface area contributed by atoms with E-state index in [1.807, 2.05) is 0 Å². The van der Waals surface area contributed by atoms with Crippen molar-refractivity contribution < 1.29 is 23.8 Å². The van der Waals surface area contributed by atoms with Gasteiger partial charge in [-0.1, -0.05) is 6.92 Å². The monoisotopic (exact) mass is 506 g/mol. The summed E-state index contributed by atoms with van der Waals surface area (Å²) in [7, 11) is 0.